The van der Waals surface area contributed by atoms with Gasteiger partial charge < -0.3 is 10.4 Å². The molecule has 1 aliphatic carbocycles. The molecular formula is C19H32Cl2N2O. The van der Waals surface area contributed by atoms with Crippen LogP contribution in [0.4, 0.5) is 0 Å². The van der Waals surface area contributed by atoms with Gasteiger partial charge in [0.15, 0.2) is 0 Å². The van der Waals surface area contributed by atoms with Crippen LogP contribution in [0.3, 0.4) is 0 Å². The van der Waals surface area contributed by atoms with Crippen molar-refractivity contribution in [2.24, 2.45) is 5.92 Å². The predicted molar refractivity (Wildman–Crippen MR) is 106 cm³/mol. The van der Waals surface area contributed by atoms with Crippen LogP contribution in [-0.4, -0.2) is 36.2 Å². The highest BCUT2D eigenvalue weighted by Crippen LogP contribution is 2.40. The van der Waals surface area contributed by atoms with E-state index in [2.05, 4.69) is 22.3 Å². The van der Waals surface area contributed by atoms with Gasteiger partial charge in [-0.25, -0.2) is 0 Å². The largest absolute Gasteiger partial charge is 0.507 e. The van der Waals surface area contributed by atoms with E-state index >= 15 is 0 Å². The minimum absolute atomic E-state index is 0. The summed E-state index contributed by atoms with van der Waals surface area (Å²) in [7, 11) is 0. The number of phenolic OH excluding ortho intramolecular Hbond substituents is 1. The number of halogens is 2. The van der Waals surface area contributed by atoms with E-state index in [0.717, 1.165) is 43.2 Å². The molecule has 0 radical (unpaired) electrons. The maximum absolute atomic E-state index is 10.1. The van der Waals surface area contributed by atoms with E-state index in [1.807, 2.05) is 13.8 Å². The van der Waals surface area contributed by atoms with E-state index in [1.54, 1.807) is 0 Å². The monoisotopic (exact) mass is 374 g/mol. The first-order valence-corrected chi connectivity index (χ1v) is 8.91. The van der Waals surface area contributed by atoms with Crippen molar-refractivity contribution in [3.63, 3.8) is 0 Å². The Bertz CT molecular complexity index is 471. The van der Waals surface area contributed by atoms with Crippen LogP contribution in [-0.2, 0) is 0 Å². The van der Waals surface area contributed by atoms with Crippen molar-refractivity contribution in [2.75, 3.05) is 26.2 Å². The SMILES string of the molecule is Cc1cc([C@H](C2CCCCC2)N2CCNCC2)cc(C)c1O.Cl.Cl. The van der Waals surface area contributed by atoms with E-state index in [4.69, 9.17) is 0 Å². The lowest BCUT2D eigenvalue weighted by Gasteiger charge is -2.41. The molecule has 138 valence electrons. The fourth-order valence-corrected chi connectivity index (χ4v) is 4.35. The number of nitrogens with one attached hydrogen (secondary N) is 1. The van der Waals surface area contributed by atoms with E-state index in [1.165, 1.54) is 37.7 Å². The van der Waals surface area contributed by atoms with Gasteiger partial charge in [0.1, 0.15) is 5.75 Å². The first kappa shape index (κ1) is 21.6. The number of phenols is 1. The summed E-state index contributed by atoms with van der Waals surface area (Å²) < 4.78 is 0. The van der Waals surface area contributed by atoms with Gasteiger partial charge in [0.25, 0.3) is 0 Å². The van der Waals surface area contributed by atoms with Crippen LogP contribution in [0.5, 0.6) is 5.75 Å². The Labute approximate surface area is 159 Å². The van der Waals surface area contributed by atoms with Crippen molar-refractivity contribution in [3.05, 3.63) is 28.8 Å². The van der Waals surface area contributed by atoms with Crippen molar-refractivity contribution < 1.29 is 5.11 Å². The number of benzene rings is 1. The molecule has 1 aromatic carbocycles. The topological polar surface area (TPSA) is 35.5 Å². The Kier molecular flexibility index (Phi) is 8.86. The first-order chi connectivity index (χ1) is 10.7. The second-order valence-electron chi connectivity index (χ2n) is 7.13. The standard InChI is InChI=1S/C19H30N2O.2ClH/c1-14-12-17(13-15(2)19(14)22)18(16-6-4-3-5-7-16)21-10-8-20-9-11-21;;/h12-13,16,18,20,22H,3-11H2,1-2H3;2*1H/t18-;;/m0../s1. The highest BCUT2D eigenvalue weighted by molar-refractivity contribution is 5.85. The van der Waals surface area contributed by atoms with Crippen molar-refractivity contribution >= 4 is 24.8 Å². The molecule has 3 nitrogen and oxygen atoms in total. The van der Waals surface area contributed by atoms with Crippen molar-refractivity contribution in [1.29, 1.82) is 0 Å². The third kappa shape index (κ3) is 4.78. The summed E-state index contributed by atoms with van der Waals surface area (Å²) >= 11 is 0. The molecule has 0 unspecified atom stereocenters. The highest BCUT2D eigenvalue weighted by Gasteiger charge is 2.31. The molecule has 1 aromatic rings. The molecule has 2 aliphatic rings. The molecule has 24 heavy (non-hydrogen) atoms. The fraction of sp³-hybridized carbons (Fsp3) is 0.684. The number of aryl methyl sites for hydroxylation is 2. The smallest absolute Gasteiger partial charge is 0.121 e. The number of rotatable bonds is 3. The molecule has 1 saturated carbocycles. The average Bonchev–Trinajstić information content (AvgIpc) is 2.55. The van der Waals surface area contributed by atoms with E-state index in [0.29, 0.717) is 11.8 Å². The zero-order chi connectivity index (χ0) is 15.5. The molecule has 0 amide bonds. The molecule has 2 fully saturated rings. The van der Waals surface area contributed by atoms with Crippen LogP contribution >= 0.6 is 24.8 Å². The van der Waals surface area contributed by atoms with Crippen LogP contribution in [0.1, 0.15) is 54.8 Å². The van der Waals surface area contributed by atoms with Gasteiger partial charge in [0.2, 0.25) is 0 Å². The van der Waals surface area contributed by atoms with E-state index < -0.39 is 0 Å². The Hall–Kier alpha value is -0.480. The average molecular weight is 375 g/mol. The summed E-state index contributed by atoms with van der Waals surface area (Å²) in [4.78, 5) is 2.68. The van der Waals surface area contributed by atoms with Gasteiger partial charge in [-0.2, -0.15) is 0 Å². The Morgan fingerprint density at radius 2 is 1.54 bits per heavy atom. The molecule has 5 heteroatoms. The van der Waals surface area contributed by atoms with Crippen molar-refractivity contribution in [3.8, 4) is 5.75 Å². The third-order valence-electron chi connectivity index (χ3n) is 5.50. The van der Waals surface area contributed by atoms with Gasteiger partial charge in [-0.3, -0.25) is 4.90 Å². The lowest BCUT2D eigenvalue weighted by molar-refractivity contribution is 0.103. The van der Waals surface area contributed by atoms with Gasteiger partial charge in [-0.05, 0) is 49.3 Å². The Morgan fingerprint density at radius 1 is 1.00 bits per heavy atom. The zero-order valence-corrected chi connectivity index (χ0v) is 16.5. The van der Waals surface area contributed by atoms with Crippen LogP contribution < -0.4 is 5.32 Å². The highest BCUT2D eigenvalue weighted by atomic mass is 35.5. The molecule has 1 heterocycles. The van der Waals surface area contributed by atoms with Gasteiger partial charge in [0, 0.05) is 32.2 Å². The predicted octanol–water partition coefficient (Wildman–Crippen LogP) is 4.38. The molecule has 0 bridgehead atoms. The molecule has 1 saturated heterocycles. The number of hydrogen-bond donors (Lipinski definition) is 2. The first-order valence-electron chi connectivity index (χ1n) is 8.91. The molecule has 1 atom stereocenters. The normalized spacial score (nSPS) is 20.8. The summed E-state index contributed by atoms with van der Waals surface area (Å²) in [5.41, 5.74) is 3.46. The lowest BCUT2D eigenvalue weighted by Crippen LogP contribution is -2.47. The van der Waals surface area contributed by atoms with Gasteiger partial charge in [0.05, 0.1) is 0 Å². The number of nitrogens with zero attached hydrogens (tertiary/aromatic N) is 1. The van der Waals surface area contributed by atoms with Gasteiger partial charge in [-0.1, -0.05) is 31.4 Å². The molecule has 3 rings (SSSR count). The zero-order valence-electron chi connectivity index (χ0n) is 14.9. The van der Waals surface area contributed by atoms with Crippen LogP contribution in [0.2, 0.25) is 0 Å². The molecule has 2 N–H and O–H groups in total. The van der Waals surface area contributed by atoms with Crippen molar-refractivity contribution in [2.45, 2.75) is 52.0 Å². The summed E-state index contributed by atoms with van der Waals surface area (Å²) in [5.74, 6) is 1.24. The Balaban J connectivity index is 0.00000144. The third-order valence-corrected chi connectivity index (χ3v) is 5.50. The molecule has 0 aromatic heterocycles. The second-order valence-corrected chi connectivity index (χ2v) is 7.13. The van der Waals surface area contributed by atoms with E-state index in [9.17, 15) is 5.11 Å². The van der Waals surface area contributed by atoms with Crippen LogP contribution in [0.15, 0.2) is 12.1 Å². The van der Waals surface area contributed by atoms with Crippen LogP contribution in [0, 0.1) is 19.8 Å². The van der Waals surface area contributed by atoms with Gasteiger partial charge in [-0.15, -0.1) is 24.8 Å². The lowest BCUT2D eigenvalue weighted by atomic mass is 9.79. The van der Waals surface area contributed by atoms with Gasteiger partial charge >= 0.3 is 0 Å². The molecule has 1 aliphatic heterocycles. The summed E-state index contributed by atoms with van der Waals surface area (Å²) in [6.45, 7) is 8.53. The number of aromatic hydroxyl groups is 1. The summed E-state index contributed by atoms with van der Waals surface area (Å²) in [6.07, 6.45) is 6.87. The Morgan fingerprint density at radius 3 is 2.08 bits per heavy atom. The maximum Gasteiger partial charge on any atom is 0.121 e. The number of hydrogen-bond acceptors (Lipinski definition) is 3. The summed E-state index contributed by atoms with van der Waals surface area (Å²) in [6, 6.07) is 4.98. The van der Waals surface area contributed by atoms with Crippen LogP contribution in [0.25, 0.3) is 0 Å². The maximum atomic E-state index is 10.1. The summed E-state index contributed by atoms with van der Waals surface area (Å²) in [5, 5.41) is 13.6. The second kappa shape index (κ2) is 9.86. The molecule has 0 spiro atoms. The van der Waals surface area contributed by atoms with Crippen molar-refractivity contribution in [1.82, 2.24) is 10.2 Å². The van der Waals surface area contributed by atoms with E-state index in [-0.39, 0.29) is 24.8 Å². The fourth-order valence-electron chi connectivity index (χ4n) is 4.35. The quantitative estimate of drug-likeness (QED) is 0.823. The number of piperazine rings is 1. The minimum Gasteiger partial charge on any atom is -0.507 e. The minimum atomic E-state index is 0. The molecular weight excluding hydrogens is 343 g/mol.